The summed E-state index contributed by atoms with van der Waals surface area (Å²) in [4.78, 5) is 13.4. The smallest absolute Gasteiger partial charge is 0.318 e. The topological polar surface area (TPSA) is 35.5 Å². The van der Waals surface area contributed by atoms with Crippen molar-refractivity contribution in [1.82, 2.24) is 0 Å². The second-order valence-electron chi connectivity index (χ2n) is 9.14. The SMILES string of the molecule is C[N+]1(C2CCCCC2)CCC(OC(=O)C2c3ccccc3Oc3ccccc32)C1.[Br-]. The predicted octanol–water partition coefficient (Wildman–Crippen LogP) is 2.02. The molecule has 2 unspecified atom stereocenters. The van der Waals surface area contributed by atoms with Gasteiger partial charge in [0.15, 0.2) is 6.10 Å². The summed E-state index contributed by atoms with van der Waals surface area (Å²) >= 11 is 0. The summed E-state index contributed by atoms with van der Waals surface area (Å²) in [6, 6.07) is 16.4. The number of hydrogen-bond acceptors (Lipinski definition) is 3. The number of rotatable bonds is 3. The maximum atomic E-state index is 13.4. The number of esters is 1. The highest BCUT2D eigenvalue weighted by atomic mass is 79.9. The van der Waals surface area contributed by atoms with E-state index >= 15 is 0 Å². The number of para-hydroxylation sites is 2. The molecule has 2 aromatic rings. The Balaban J connectivity index is 0.00000218. The zero-order valence-electron chi connectivity index (χ0n) is 17.6. The molecule has 1 saturated carbocycles. The van der Waals surface area contributed by atoms with Crippen molar-refractivity contribution in [2.75, 3.05) is 20.1 Å². The van der Waals surface area contributed by atoms with Crippen molar-refractivity contribution in [2.45, 2.75) is 56.6 Å². The maximum Gasteiger partial charge on any atom is 0.318 e. The summed E-state index contributed by atoms with van der Waals surface area (Å²) in [6.07, 6.45) is 7.67. The standard InChI is InChI=1S/C25H30NO3.BrH/c1-26(18-9-3-2-4-10-18)16-15-19(17-26)28-25(27)24-20-11-5-7-13-22(20)29-23-14-8-6-12-21(23)24;/h5-8,11-14,18-19,24H,2-4,9-10,15-17H2,1H3;1H/q+1;/p-1. The zero-order valence-corrected chi connectivity index (χ0v) is 19.1. The lowest BCUT2D eigenvalue weighted by atomic mass is 9.88. The van der Waals surface area contributed by atoms with E-state index in [4.69, 9.17) is 9.47 Å². The van der Waals surface area contributed by atoms with Crippen LogP contribution in [-0.2, 0) is 9.53 Å². The van der Waals surface area contributed by atoms with Crippen LogP contribution in [0.15, 0.2) is 48.5 Å². The summed E-state index contributed by atoms with van der Waals surface area (Å²) in [6.45, 7) is 2.06. The predicted molar refractivity (Wildman–Crippen MR) is 112 cm³/mol. The third kappa shape index (κ3) is 3.90. The molecule has 0 aromatic heterocycles. The van der Waals surface area contributed by atoms with Gasteiger partial charge in [-0.2, -0.15) is 0 Å². The maximum absolute atomic E-state index is 13.4. The van der Waals surface area contributed by atoms with Gasteiger partial charge in [-0.05, 0) is 37.8 Å². The van der Waals surface area contributed by atoms with E-state index in [1.54, 1.807) is 0 Å². The van der Waals surface area contributed by atoms with Gasteiger partial charge >= 0.3 is 5.97 Å². The van der Waals surface area contributed by atoms with Crippen molar-refractivity contribution in [2.24, 2.45) is 0 Å². The molecule has 0 amide bonds. The number of quaternary nitrogens is 1. The average molecular weight is 472 g/mol. The molecule has 2 aromatic carbocycles. The van der Waals surface area contributed by atoms with Gasteiger partial charge in [0.2, 0.25) is 0 Å². The minimum atomic E-state index is -0.412. The summed E-state index contributed by atoms with van der Waals surface area (Å²) in [7, 11) is 2.36. The van der Waals surface area contributed by atoms with Gasteiger partial charge in [-0.15, -0.1) is 0 Å². The first-order chi connectivity index (χ1) is 14.1. The van der Waals surface area contributed by atoms with E-state index in [0.717, 1.165) is 52.7 Å². The molecule has 0 radical (unpaired) electrons. The van der Waals surface area contributed by atoms with E-state index in [2.05, 4.69) is 7.05 Å². The van der Waals surface area contributed by atoms with Crippen LogP contribution in [0, 0.1) is 0 Å². The molecule has 30 heavy (non-hydrogen) atoms. The lowest BCUT2D eigenvalue weighted by Gasteiger charge is -2.40. The molecule has 5 rings (SSSR count). The minimum Gasteiger partial charge on any atom is -1.00 e. The van der Waals surface area contributed by atoms with E-state index in [1.807, 2.05) is 48.5 Å². The van der Waals surface area contributed by atoms with E-state index < -0.39 is 5.92 Å². The van der Waals surface area contributed by atoms with E-state index in [0.29, 0.717) is 0 Å². The molecule has 2 heterocycles. The lowest BCUT2D eigenvalue weighted by molar-refractivity contribution is -0.924. The van der Waals surface area contributed by atoms with E-state index in [-0.39, 0.29) is 29.1 Å². The Hall–Kier alpha value is -1.85. The van der Waals surface area contributed by atoms with Crippen LogP contribution in [0.4, 0.5) is 0 Å². The molecule has 4 nitrogen and oxygen atoms in total. The normalized spacial score (nSPS) is 26.1. The molecule has 5 heteroatoms. The zero-order chi connectivity index (χ0) is 19.8. The second kappa shape index (κ2) is 8.72. The second-order valence-corrected chi connectivity index (χ2v) is 9.14. The van der Waals surface area contributed by atoms with Crippen molar-refractivity contribution in [3.8, 4) is 11.5 Å². The van der Waals surface area contributed by atoms with Crippen LogP contribution in [0.5, 0.6) is 11.5 Å². The number of hydrogen-bond donors (Lipinski definition) is 0. The van der Waals surface area contributed by atoms with Crippen LogP contribution in [0.25, 0.3) is 0 Å². The molecule has 2 aliphatic heterocycles. The quantitative estimate of drug-likeness (QED) is 0.507. The fourth-order valence-corrected chi connectivity index (χ4v) is 5.62. The number of likely N-dealkylation sites (N-methyl/N-ethyl adjacent to an activating group) is 1. The third-order valence-corrected chi connectivity index (χ3v) is 7.24. The highest BCUT2D eigenvalue weighted by molar-refractivity contribution is 5.85. The van der Waals surface area contributed by atoms with Crippen molar-refractivity contribution in [3.05, 3.63) is 59.7 Å². The monoisotopic (exact) mass is 471 g/mol. The molecule has 160 valence electrons. The van der Waals surface area contributed by atoms with Crippen LogP contribution < -0.4 is 21.7 Å². The number of likely N-dealkylation sites (tertiary alicyclic amines) is 1. The Morgan fingerprint density at radius 2 is 1.53 bits per heavy atom. The van der Waals surface area contributed by atoms with Crippen molar-refractivity contribution in [1.29, 1.82) is 0 Å². The Morgan fingerprint density at radius 1 is 0.933 bits per heavy atom. The van der Waals surface area contributed by atoms with Gasteiger partial charge in [0, 0.05) is 17.5 Å². The molecular weight excluding hydrogens is 442 g/mol. The number of carbonyl (C=O) groups is 1. The lowest BCUT2D eigenvalue weighted by Crippen LogP contribution is -3.00. The number of halogens is 1. The van der Waals surface area contributed by atoms with Gasteiger partial charge in [-0.3, -0.25) is 4.79 Å². The molecule has 0 spiro atoms. The first-order valence-electron chi connectivity index (χ1n) is 11.0. The van der Waals surface area contributed by atoms with Gasteiger partial charge in [0.1, 0.15) is 24.0 Å². The van der Waals surface area contributed by atoms with Gasteiger partial charge in [-0.25, -0.2) is 0 Å². The Morgan fingerprint density at radius 3 is 2.17 bits per heavy atom. The van der Waals surface area contributed by atoms with Crippen molar-refractivity contribution < 1.29 is 35.7 Å². The minimum absolute atomic E-state index is 0. The number of nitrogens with zero attached hydrogens (tertiary/aromatic N) is 1. The number of benzene rings is 2. The van der Waals surface area contributed by atoms with Gasteiger partial charge in [0.25, 0.3) is 0 Å². The Kier molecular flexibility index (Phi) is 6.21. The molecule has 1 aliphatic carbocycles. The highest BCUT2D eigenvalue weighted by Crippen LogP contribution is 2.44. The fraction of sp³-hybridized carbons (Fsp3) is 0.480. The first kappa shape index (κ1) is 21.4. The Labute approximate surface area is 189 Å². The molecule has 2 atom stereocenters. The van der Waals surface area contributed by atoms with Crippen LogP contribution in [0.3, 0.4) is 0 Å². The van der Waals surface area contributed by atoms with Crippen LogP contribution >= 0.6 is 0 Å². The van der Waals surface area contributed by atoms with E-state index in [1.165, 1.54) is 32.1 Å². The Bertz CT molecular complexity index is 865. The number of ether oxygens (including phenoxy) is 2. The van der Waals surface area contributed by atoms with Gasteiger partial charge in [-0.1, -0.05) is 42.8 Å². The van der Waals surface area contributed by atoms with Crippen molar-refractivity contribution in [3.63, 3.8) is 0 Å². The van der Waals surface area contributed by atoms with Crippen LogP contribution in [0.2, 0.25) is 0 Å². The summed E-state index contributed by atoms with van der Waals surface area (Å²) < 4.78 is 13.2. The number of fused-ring (bicyclic) bond motifs is 2. The molecule has 2 fully saturated rings. The summed E-state index contributed by atoms with van der Waals surface area (Å²) in [5.41, 5.74) is 1.80. The van der Waals surface area contributed by atoms with Crippen LogP contribution in [-0.4, -0.2) is 42.7 Å². The van der Waals surface area contributed by atoms with Gasteiger partial charge < -0.3 is 30.9 Å². The molecule has 3 aliphatic rings. The van der Waals surface area contributed by atoms with Crippen molar-refractivity contribution >= 4 is 5.97 Å². The molecular formula is C25H30BrNO3. The molecule has 1 saturated heterocycles. The third-order valence-electron chi connectivity index (χ3n) is 7.24. The average Bonchev–Trinajstić information content (AvgIpc) is 3.14. The molecule has 0 bridgehead atoms. The molecule has 0 N–H and O–H groups in total. The van der Waals surface area contributed by atoms with Crippen LogP contribution in [0.1, 0.15) is 55.6 Å². The highest BCUT2D eigenvalue weighted by Gasteiger charge is 2.44. The summed E-state index contributed by atoms with van der Waals surface area (Å²) in [5, 5.41) is 0. The summed E-state index contributed by atoms with van der Waals surface area (Å²) in [5.74, 6) is 0.949. The van der Waals surface area contributed by atoms with E-state index in [9.17, 15) is 4.79 Å². The largest absolute Gasteiger partial charge is 1.00 e. The number of carbonyl (C=O) groups excluding carboxylic acids is 1. The fourth-order valence-electron chi connectivity index (χ4n) is 5.62. The van der Waals surface area contributed by atoms with Gasteiger partial charge in [0.05, 0.1) is 19.6 Å². The first-order valence-corrected chi connectivity index (χ1v) is 11.0.